The second kappa shape index (κ2) is 10.2. The van der Waals surface area contributed by atoms with Gasteiger partial charge in [-0.2, -0.15) is 0 Å². The number of unbranched alkanes of at least 4 members (excludes halogenated alkanes) is 6. The first kappa shape index (κ1) is 16.0. The van der Waals surface area contributed by atoms with Crippen molar-refractivity contribution in [3.63, 3.8) is 0 Å². The van der Waals surface area contributed by atoms with Crippen LogP contribution >= 0.6 is 0 Å². The first-order valence-corrected chi connectivity index (χ1v) is 6.61. The molecule has 2 heteroatoms. The maximum absolute atomic E-state index is 9.58. The van der Waals surface area contributed by atoms with Crippen molar-refractivity contribution in [3.8, 4) is 5.75 Å². The molecule has 98 valence electrons. The Hall–Kier alpha value is -1.02. The third-order valence-electron chi connectivity index (χ3n) is 3.04. The Kier molecular flexibility index (Phi) is 9.55. The molecule has 0 fully saturated rings. The molecule has 0 aliphatic carbocycles. The molecule has 0 amide bonds. The van der Waals surface area contributed by atoms with Crippen molar-refractivity contribution < 1.29 is 5.11 Å². The summed E-state index contributed by atoms with van der Waals surface area (Å²) in [6, 6.07) is 7.67. The number of rotatable bonds is 8. The number of para-hydroxylation sites is 1. The highest BCUT2D eigenvalue weighted by Gasteiger charge is 1.98. The van der Waals surface area contributed by atoms with Crippen molar-refractivity contribution in [3.05, 3.63) is 29.8 Å². The molecule has 0 radical (unpaired) electrons. The van der Waals surface area contributed by atoms with E-state index in [0.29, 0.717) is 5.75 Å². The molecule has 2 nitrogen and oxygen atoms in total. The molecule has 1 rings (SSSR count). The number of aryl methyl sites for hydroxylation is 1. The smallest absolute Gasteiger partial charge is 0.118 e. The summed E-state index contributed by atoms with van der Waals surface area (Å²) in [6.45, 7) is 2.25. The van der Waals surface area contributed by atoms with E-state index in [1.54, 1.807) is 6.07 Å². The van der Waals surface area contributed by atoms with Gasteiger partial charge in [-0.1, -0.05) is 63.6 Å². The molecule has 0 aromatic heterocycles. The second-order valence-corrected chi connectivity index (χ2v) is 4.50. The van der Waals surface area contributed by atoms with Gasteiger partial charge in [-0.3, -0.25) is 0 Å². The maximum atomic E-state index is 9.58. The minimum atomic E-state index is 0. The Morgan fingerprint density at radius 1 is 0.882 bits per heavy atom. The molecule has 0 spiro atoms. The van der Waals surface area contributed by atoms with Gasteiger partial charge in [0.05, 0.1) is 0 Å². The average Bonchev–Trinajstić information content (AvgIpc) is 2.30. The quantitative estimate of drug-likeness (QED) is 0.635. The van der Waals surface area contributed by atoms with Crippen LogP contribution in [0.1, 0.15) is 57.4 Å². The van der Waals surface area contributed by atoms with Gasteiger partial charge >= 0.3 is 0 Å². The van der Waals surface area contributed by atoms with Crippen LogP contribution in [0.15, 0.2) is 24.3 Å². The topological polar surface area (TPSA) is 55.2 Å². The van der Waals surface area contributed by atoms with Gasteiger partial charge in [-0.15, -0.1) is 0 Å². The number of aromatic hydroxyl groups is 1. The lowest BCUT2D eigenvalue weighted by molar-refractivity contribution is 0.466. The Bertz CT molecular complexity index is 286. The molecule has 0 saturated heterocycles. The number of phenolic OH excluding ortho intramolecular Hbond substituents is 1. The van der Waals surface area contributed by atoms with Gasteiger partial charge in [0.25, 0.3) is 0 Å². The third kappa shape index (κ3) is 7.01. The summed E-state index contributed by atoms with van der Waals surface area (Å²) in [6.07, 6.45) is 10.3. The van der Waals surface area contributed by atoms with Crippen LogP contribution in [-0.4, -0.2) is 5.11 Å². The Labute approximate surface area is 106 Å². The van der Waals surface area contributed by atoms with E-state index in [-0.39, 0.29) is 6.15 Å². The number of hydrogen-bond acceptors (Lipinski definition) is 2. The van der Waals surface area contributed by atoms with Crippen molar-refractivity contribution in [1.29, 1.82) is 0 Å². The van der Waals surface area contributed by atoms with E-state index in [1.165, 1.54) is 44.9 Å². The Balaban J connectivity index is 0.00000256. The largest absolute Gasteiger partial charge is 0.508 e. The van der Waals surface area contributed by atoms with Gasteiger partial charge in [-0.25, -0.2) is 0 Å². The van der Waals surface area contributed by atoms with Crippen LogP contribution in [0.4, 0.5) is 0 Å². The van der Waals surface area contributed by atoms with Crippen LogP contribution < -0.4 is 6.15 Å². The maximum Gasteiger partial charge on any atom is 0.118 e. The molecule has 0 aliphatic rings. The fourth-order valence-corrected chi connectivity index (χ4v) is 1.99. The van der Waals surface area contributed by atoms with Gasteiger partial charge in [0.15, 0.2) is 0 Å². The molecule has 1 aromatic rings. The summed E-state index contributed by atoms with van der Waals surface area (Å²) in [5.74, 6) is 0.452. The van der Waals surface area contributed by atoms with Crippen molar-refractivity contribution >= 4 is 0 Å². The van der Waals surface area contributed by atoms with Crippen LogP contribution in [0.3, 0.4) is 0 Å². The lowest BCUT2D eigenvalue weighted by atomic mass is 10.0. The normalized spacial score (nSPS) is 9.94. The van der Waals surface area contributed by atoms with E-state index in [2.05, 4.69) is 6.92 Å². The fraction of sp³-hybridized carbons (Fsp3) is 0.600. The van der Waals surface area contributed by atoms with E-state index >= 15 is 0 Å². The minimum Gasteiger partial charge on any atom is -0.508 e. The molecule has 0 bridgehead atoms. The van der Waals surface area contributed by atoms with Crippen molar-refractivity contribution in [2.75, 3.05) is 0 Å². The van der Waals surface area contributed by atoms with Crippen molar-refractivity contribution in [1.82, 2.24) is 6.15 Å². The Morgan fingerprint density at radius 3 is 2.12 bits per heavy atom. The average molecular weight is 237 g/mol. The summed E-state index contributed by atoms with van der Waals surface area (Å²) in [7, 11) is 0. The molecule has 0 saturated carbocycles. The standard InChI is InChI=1S/C15H24O.H3N/c1-2-3-4-5-6-7-8-11-14-12-9-10-13-15(14)16;/h9-10,12-13,16H,2-8,11H2,1H3;1H3. The summed E-state index contributed by atoms with van der Waals surface area (Å²) < 4.78 is 0. The highest BCUT2D eigenvalue weighted by atomic mass is 16.3. The van der Waals surface area contributed by atoms with Gasteiger partial charge in [-0.05, 0) is 24.5 Å². The number of hydrogen-bond donors (Lipinski definition) is 2. The Morgan fingerprint density at radius 2 is 1.47 bits per heavy atom. The summed E-state index contributed by atoms with van der Waals surface area (Å²) in [5.41, 5.74) is 1.09. The van der Waals surface area contributed by atoms with E-state index in [4.69, 9.17) is 0 Å². The second-order valence-electron chi connectivity index (χ2n) is 4.50. The minimum absolute atomic E-state index is 0. The molecule has 0 aliphatic heterocycles. The molecule has 4 N–H and O–H groups in total. The first-order valence-electron chi connectivity index (χ1n) is 6.61. The highest BCUT2D eigenvalue weighted by molar-refractivity contribution is 5.31. The zero-order chi connectivity index (χ0) is 11.6. The van der Waals surface area contributed by atoms with Gasteiger partial charge < -0.3 is 11.3 Å². The van der Waals surface area contributed by atoms with E-state index in [1.807, 2.05) is 18.2 Å². The monoisotopic (exact) mass is 237 g/mol. The van der Waals surface area contributed by atoms with Gasteiger partial charge in [0, 0.05) is 0 Å². The van der Waals surface area contributed by atoms with Crippen molar-refractivity contribution in [2.45, 2.75) is 58.3 Å². The molecule has 0 unspecified atom stereocenters. The van der Waals surface area contributed by atoms with Crippen LogP contribution in [0.25, 0.3) is 0 Å². The molecule has 17 heavy (non-hydrogen) atoms. The number of phenols is 1. The molecule has 0 atom stereocenters. The predicted octanol–water partition coefficient (Wildman–Crippen LogP) is 4.85. The zero-order valence-electron chi connectivity index (χ0n) is 11.1. The summed E-state index contributed by atoms with van der Waals surface area (Å²) in [5, 5.41) is 9.58. The van der Waals surface area contributed by atoms with E-state index < -0.39 is 0 Å². The third-order valence-corrected chi connectivity index (χ3v) is 3.04. The molecular formula is C15H27NO. The van der Waals surface area contributed by atoms with Crippen molar-refractivity contribution in [2.24, 2.45) is 0 Å². The van der Waals surface area contributed by atoms with Crippen LogP contribution in [-0.2, 0) is 6.42 Å². The van der Waals surface area contributed by atoms with E-state index in [0.717, 1.165) is 12.0 Å². The lowest BCUT2D eigenvalue weighted by Crippen LogP contribution is -1.87. The molecule has 0 heterocycles. The highest BCUT2D eigenvalue weighted by Crippen LogP contribution is 2.18. The van der Waals surface area contributed by atoms with Gasteiger partial charge in [0.1, 0.15) is 5.75 Å². The van der Waals surface area contributed by atoms with Gasteiger partial charge in [0.2, 0.25) is 0 Å². The summed E-state index contributed by atoms with van der Waals surface area (Å²) in [4.78, 5) is 0. The van der Waals surface area contributed by atoms with Crippen LogP contribution in [0, 0.1) is 0 Å². The predicted molar refractivity (Wildman–Crippen MR) is 74.8 cm³/mol. The number of benzene rings is 1. The molecular weight excluding hydrogens is 210 g/mol. The first-order chi connectivity index (χ1) is 7.84. The SMILES string of the molecule is CCCCCCCCCc1ccccc1O.N. The van der Waals surface area contributed by atoms with E-state index in [9.17, 15) is 5.11 Å². The van der Waals surface area contributed by atoms with Crippen LogP contribution in [0.2, 0.25) is 0 Å². The van der Waals surface area contributed by atoms with Crippen LogP contribution in [0.5, 0.6) is 5.75 Å². The zero-order valence-corrected chi connectivity index (χ0v) is 11.1. The fourth-order valence-electron chi connectivity index (χ4n) is 1.99. The molecule has 1 aromatic carbocycles. The lowest BCUT2D eigenvalue weighted by Gasteiger charge is -2.04. The summed E-state index contributed by atoms with van der Waals surface area (Å²) >= 11 is 0.